The van der Waals surface area contributed by atoms with E-state index in [0.717, 1.165) is 0 Å². The lowest BCUT2D eigenvalue weighted by molar-refractivity contribution is -0.139. The van der Waals surface area contributed by atoms with Crippen molar-refractivity contribution < 1.29 is 14.4 Å². The standard InChI is InChI=1S/C6H12N4O3/c7-4(11)2-1-3-9-5(12)6(13)10-8/h1-3,8H2,(H2,7,11)(H,9,12)(H,10,13). The lowest BCUT2D eigenvalue weighted by atomic mass is 10.3. The van der Waals surface area contributed by atoms with Crippen molar-refractivity contribution in [2.45, 2.75) is 12.8 Å². The molecule has 0 saturated carbocycles. The van der Waals surface area contributed by atoms with E-state index in [2.05, 4.69) is 5.32 Å². The number of primary amides is 1. The minimum atomic E-state index is -0.918. The molecule has 0 aliphatic heterocycles. The molecular formula is C6H12N4O3. The summed E-state index contributed by atoms with van der Waals surface area (Å²) in [7, 11) is 0. The number of nitrogens with one attached hydrogen (secondary N) is 2. The van der Waals surface area contributed by atoms with Gasteiger partial charge in [-0.3, -0.25) is 19.8 Å². The highest BCUT2D eigenvalue weighted by molar-refractivity contribution is 6.34. The van der Waals surface area contributed by atoms with Crippen LogP contribution in [0.25, 0.3) is 0 Å². The van der Waals surface area contributed by atoms with Crippen LogP contribution >= 0.6 is 0 Å². The highest BCUT2D eigenvalue weighted by Gasteiger charge is 2.09. The number of rotatable bonds is 4. The van der Waals surface area contributed by atoms with Gasteiger partial charge in [0.05, 0.1) is 0 Å². The first kappa shape index (κ1) is 11.4. The maximum absolute atomic E-state index is 10.7. The Hall–Kier alpha value is -1.63. The number of hydrogen-bond donors (Lipinski definition) is 4. The molecule has 0 rings (SSSR count). The Morgan fingerprint density at radius 2 is 1.77 bits per heavy atom. The monoisotopic (exact) mass is 188 g/mol. The van der Waals surface area contributed by atoms with E-state index in [1.807, 2.05) is 0 Å². The van der Waals surface area contributed by atoms with Crippen LogP contribution in [-0.4, -0.2) is 24.3 Å². The molecule has 0 spiro atoms. The molecular weight excluding hydrogens is 176 g/mol. The SMILES string of the molecule is NNC(=O)C(=O)NCCCC(N)=O. The van der Waals surface area contributed by atoms with E-state index < -0.39 is 17.7 Å². The average molecular weight is 188 g/mol. The Morgan fingerprint density at radius 1 is 1.15 bits per heavy atom. The zero-order chi connectivity index (χ0) is 10.3. The van der Waals surface area contributed by atoms with Crippen LogP contribution < -0.4 is 22.3 Å². The van der Waals surface area contributed by atoms with Gasteiger partial charge in [-0.15, -0.1) is 0 Å². The van der Waals surface area contributed by atoms with Crippen LogP contribution in [0.3, 0.4) is 0 Å². The van der Waals surface area contributed by atoms with Crippen LogP contribution in [0.5, 0.6) is 0 Å². The van der Waals surface area contributed by atoms with Crippen LogP contribution in [0.1, 0.15) is 12.8 Å². The van der Waals surface area contributed by atoms with Crippen LogP contribution in [-0.2, 0) is 14.4 Å². The summed E-state index contributed by atoms with van der Waals surface area (Å²) in [6, 6.07) is 0. The lowest BCUT2D eigenvalue weighted by Crippen LogP contribution is -2.43. The fourth-order valence-electron chi connectivity index (χ4n) is 0.610. The van der Waals surface area contributed by atoms with Crippen molar-refractivity contribution in [3.05, 3.63) is 0 Å². The smallest absolute Gasteiger partial charge is 0.323 e. The molecule has 6 N–H and O–H groups in total. The van der Waals surface area contributed by atoms with Gasteiger partial charge in [0.1, 0.15) is 0 Å². The predicted octanol–water partition coefficient (Wildman–Crippen LogP) is -2.64. The van der Waals surface area contributed by atoms with Gasteiger partial charge in [-0.2, -0.15) is 0 Å². The second-order valence-corrected chi connectivity index (χ2v) is 2.30. The zero-order valence-corrected chi connectivity index (χ0v) is 7.00. The summed E-state index contributed by atoms with van der Waals surface area (Å²) in [6.07, 6.45) is 0.573. The molecule has 0 aliphatic carbocycles. The molecule has 0 unspecified atom stereocenters. The topological polar surface area (TPSA) is 127 Å². The van der Waals surface area contributed by atoms with Gasteiger partial charge in [0.25, 0.3) is 0 Å². The van der Waals surface area contributed by atoms with Crippen molar-refractivity contribution in [2.24, 2.45) is 11.6 Å². The van der Waals surface area contributed by atoms with Crippen molar-refractivity contribution >= 4 is 17.7 Å². The van der Waals surface area contributed by atoms with Crippen LogP contribution in [0.15, 0.2) is 0 Å². The molecule has 0 radical (unpaired) electrons. The maximum atomic E-state index is 10.7. The fraction of sp³-hybridized carbons (Fsp3) is 0.500. The Morgan fingerprint density at radius 3 is 2.23 bits per heavy atom. The summed E-state index contributed by atoms with van der Waals surface area (Å²) >= 11 is 0. The number of nitrogens with two attached hydrogens (primary N) is 2. The van der Waals surface area contributed by atoms with Gasteiger partial charge in [0.15, 0.2) is 0 Å². The molecule has 7 nitrogen and oxygen atoms in total. The second-order valence-electron chi connectivity index (χ2n) is 2.30. The highest BCUT2D eigenvalue weighted by Crippen LogP contribution is 1.83. The van der Waals surface area contributed by atoms with Crippen molar-refractivity contribution in [2.75, 3.05) is 6.54 Å². The first-order chi connectivity index (χ1) is 6.07. The molecule has 13 heavy (non-hydrogen) atoms. The molecule has 0 saturated heterocycles. The van der Waals surface area contributed by atoms with Gasteiger partial charge < -0.3 is 11.1 Å². The van der Waals surface area contributed by atoms with Crippen molar-refractivity contribution in [1.82, 2.24) is 10.7 Å². The van der Waals surface area contributed by atoms with Gasteiger partial charge in [-0.25, -0.2) is 5.84 Å². The summed E-state index contributed by atoms with van der Waals surface area (Å²) in [5, 5.41) is 2.25. The summed E-state index contributed by atoms with van der Waals surface area (Å²) < 4.78 is 0. The fourth-order valence-corrected chi connectivity index (χ4v) is 0.610. The Bertz CT molecular complexity index is 216. The number of hydrazine groups is 1. The number of hydrogen-bond acceptors (Lipinski definition) is 4. The van der Waals surface area contributed by atoms with E-state index in [9.17, 15) is 14.4 Å². The number of carbonyl (C=O) groups is 3. The number of carbonyl (C=O) groups excluding carboxylic acids is 3. The lowest BCUT2D eigenvalue weighted by Gasteiger charge is -2.01. The molecule has 74 valence electrons. The predicted molar refractivity (Wildman–Crippen MR) is 43.8 cm³/mol. The van der Waals surface area contributed by atoms with Crippen LogP contribution in [0.2, 0.25) is 0 Å². The molecule has 0 atom stereocenters. The largest absolute Gasteiger partial charge is 0.370 e. The van der Waals surface area contributed by atoms with Gasteiger partial charge in [0.2, 0.25) is 5.91 Å². The first-order valence-corrected chi connectivity index (χ1v) is 3.65. The molecule has 0 bridgehead atoms. The zero-order valence-electron chi connectivity index (χ0n) is 7.00. The van der Waals surface area contributed by atoms with Crippen LogP contribution in [0, 0.1) is 0 Å². The van der Waals surface area contributed by atoms with Crippen molar-refractivity contribution in [3.8, 4) is 0 Å². The van der Waals surface area contributed by atoms with Crippen LogP contribution in [0.4, 0.5) is 0 Å². The Balaban J connectivity index is 3.48. The molecule has 0 aromatic carbocycles. The van der Waals surface area contributed by atoms with E-state index in [1.54, 1.807) is 5.43 Å². The van der Waals surface area contributed by atoms with Gasteiger partial charge >= 0.3 is 11.8 Å². The molecule has 0 fully saturated rings. The van der Waals surface area contributed by atoms with Gasteiger partial charge in [0, 0.05) is 13.0 Å². The second kappa shape index (κ2) is 5.95. The molecule has 7 heteroatoms. The summed E-state index contributed by atoms with van der Waals surface area (Å²) in [6.45, 7) is 0.217. The van der Waals surface area contributed by atoms with Crippen molar-refractivity contribution in [1.29, 1.82) is 0 Å². The minimum absolute atomic E-state index is 0.171. The van der Waals surface area contributed by atoms with Gasteiger partial charge in [-0.1, -0.05) is 0 Å². The molecule has 0 aromatic heterocycles. The quantitative estimate of drug-likeness (QED) is 0.126. The van der Waals surface area contributed by atoms with Crippen molar-refractivity contribution in [3.63, 3.8) is 0 Å². The summed E-state index contributed by atoms with van der Waals surface area (Å²) in [5.74, 6) is 2.50. The van der Waals surface area contributed by atoms with E-state index in [4.69, 9.17) is 11.6 Å². The first-order valence-electron chi connectivity index (χ1n) is 3.65. The third-order valence-corrected chi connectivity index (χ3v) is 1.22. The molecule has 0 aromatic rings. The van der Waals surface area contributed by atoms with E-state index in [0.29, 0.717) is 6.42 Å². The van der Waals surface area contributed by atoms with E-state index in [-0.39, 0.29) is 13.0 Å². The normalized spacial score (nSPS) is 9.00. The van der Waals surface area contributed by atoms with Gasteiger partial charge in [-0.05, 0) is 6.42 Å². The Labute approximate surface area is 74.8 Å². The molecule has 0 heterocycles. The summed E-state index contributed by atoms with van der Waals surface area (Å²) in [5.41, 5.74) is 6.52. The summed E-state index contributed by atoms with van der Waals surface area (Å²) in [4.78, 5) is 31.4. The highest BCUT2D eigenvalue weighted by atomic mass is 16.2. The van der Waals surface area contributed by atoms with E-state index >= 15 is 0 Å². The third kappa shape index (κ3) is 5.62. The third-order valence-electron chi connectivity index (χ3n) is 1.22. The minimum Gasteiger partial charge on any atom is -0.370 e. The average Bonchev–Trinajstić information content (AvgIpc) is 2.10. The Kier molecular flexibility index (Phi) is 5.20. The number of amides is 3. The molecule has 3 amide bonds. The maximum Gasteiger partial charge on any atom is 0.323 e. The molecule has 0 aliphatic rings. The van der Waals surface area contributed by atoms with E-state index in [1.165, 1.54) is 0 Å².